The van der Waals surface area contributed by atoms with Crippen LogP contribution in [0.15, 0.2) is 47.4 Å². The molecule has 1 fully saturated rings. The Morgan fingerprint density at radius 3 is 2.50 bits per heavy atom. The average molecular weight is 399 g/mol. The molecule has 0 radical (unpaired) electrons. The van der Waals surface area contributed by atoms with E-state index in [1.807, 2.05) is 17.0 Å². The van der Waals surface area contributed by atoms with Crippen molar-refractivity contribution < 1.29 is 9.53 Å². The lowest BCUT2D eigenvalue weighted by atomic mass is 10.1. The van der Waals surface area contributed by atoms with E-state index in [9.17, 15) is 4.79 Å². The summed E-state index contributed by atoms with van der Waals surface area (Å²) in [5.41, 5.74) is 3.81. The zero-order chi connectivity index (χ0) is 19.9. The van der Waals surface area contributed by atoms with E-state index in [0.717, 1.165) is 44.1 Å². The van der Waals surface area contributed by atoms with E-state index in [0.29, 0.717) is 6.42 Å². The summed E-state index contributed by atoms with van der Waals surface area (Å²) in [5, 5.41) is 0. The molecule has 2 aromatic carbocycles. The van der Waals surface area contributed by atoms with Crippen molar-refractivity contribution >= 4 is 23.4 Å². The Labute approximate surface area is 172 Å². The molecule has 0 spiro atoms. The number of hydrogen-bond acceptors (Lipinski definition) is 4. The Kier molecular flexibility index (Phi) is 7.26. The number of rotatable bonds is 6. The van der Waals surface area contributed by atoms with Gasteiger partial charge in [0.1, 0.15) is 5.75 Å². The summed E-state index contributed by atoms with van der Waals surface area (Å²) < 4.78 is 5.24. The van der Waals surface area contributed by atoms with E-state index in [-0.39, 0.29) is 5.91 Å². The van der Waals surface area contributed by atoms with Crippen LogP contribution in [0.4, 0.5) is 5.69 Å². The minimum atomic E-state index is 0.271. The third-order valence-corrected chi connectivity index (χ3v) is 6.34. The maximum atomic E-state index is 12.7. The molecule has 1 heterocycles. The third-order valence-electron chi connectivity index (χ3n) is 5.35. The summed E-state index contributed by atoms with van der Waals surface area (Å²) >= 11 is 1.77. The number of nitrogens with zero attached hydrogens (tertiary/aromatic N) is 2. The lowest BCUT2D eigenvalue weighted by molar-refractivity contribution is -0.130. The quantitative estimate of drug-likeness (QED) is 0.669. The van der Waals surface area contributed by atoms with Gasteiger partial charge >= 0.3 is 0 Å². The molecule has 1 aliphatic rings. The number of anilines is 1. The highest BCUT2D eigenvalue weighted by Crippen LogP contribution is 2.23. The summed E-state index contributed by atoms with van der Waals surface area (Å²) in [6.45, 7) is 7.76. The van der Waals surface area contributed by atoms with Crippen LogP contribution in [-0.4, -0.2) is 49.8 Å². The zero-order valence-corrected chi connectivity index (χ0v) is 17.9. The summed E-state index contributed by atoms with van der Waals surface area (Å²) in [7, 11) is 1.68. The molecule has 0 unspecified atom stereocenters. The normalized spacial score (nSPS) is 14.7. The van der Waals surface area contributed by atoms with Gasteiger partial charge in [-0.25, -0.2) is 0 Å². The molecule has 1 saturated heterocycles. The van der Waals surface area contributed by atoms with E-state index in [2.05, 4.69) is 49.1 Å². The molecule has 0 bridgehead atoms. The highest BCUT2D eigenvalue weighted by atomic mass is 32.2. The lowest BCUT2D eigenvalue weighted by Gasteiger charge is -2.24. The van der Waals surface area contributed by atoms with Crippen LogP contribution in [0.25, 0.3) is 0 Å². The number of hydrogen-bond donors (Lipinski definition) is 0. The van der Waals surface area contributed by atoms with Crippen LogP contribution in [0.5, 0.6) is 5.75 Å². The first-order valence-electron chi connectivity index (χ1n) is 9.93. The van der Waals surface area contributed by atoms with Gasteiger partial charge in [-0.15, -0.1) is 11.8 Å². The minimum Gasteiger partial charge on any atom is -0.497 e. The molecule has 0 saturated carbocycles. The molecule has 0 atom stereocenters. The van der Waals surface area contributed by atoms with Gasteiger partial charge in [0.25, 0.3) is 0 Å². The molecule has 5 heteroatoms. The van der Waals surface area contributed by atoms with Gasteiger partial charge in [-0.2, -0.15) is 0 Å². The zero-order valence-electron chi connectivity index (χ0n) is 17.1. The van der Waals surface area contributed by atoms with Crippen molar-refractivity contribution in [3.63, 3.8) is 0 Å². The Balaban J connectivity index is 1.47. The Hall–Kier alpha value is -2.14. The number of methoxy groups -OCH3 is 1. The van der Waals surface area contributed by atoms with Crippen LogP contribution in [0, 0.1) is 13.8 Å². The SMILES string of the molecule is COc1ccc(N2CCCN(C(=O)CCSc3ccc(C)c(C)c3)CC2)cc1. The summed E-state index contributed by atoms with van der Waals surface area (Å²) in [6, 6.07) is 14.7. The van der Waals surface area contributed by atoms with Crippen molar-refractivity contribution in [1.82, 2.24) is 4.90 Å². The summed E-state index contributed by atoms with van der Waals surface area (Å²) in [6.07, 6.45) is 1.60. The summed E-state index contributed by atoms with van der Waals surface area (Å²) in [5.74, 6) is 1.98. The van der Waals surface area contributed by atoms with Crippen LogP contribution in [0.3, 0.4) is 0 Å². The Morgan fingerprint density at radius 1 is 1.00 bits per heavy atom. The topological polar surface area (TPSA) is 32.8 Å². The number of ether oxygens (including phenoxy) is 1. The van der Waals surface area contributed by atoms with E-state index < -0.39 is 0 Å². The number of amides is 1. The van der Waals surface area contributed by atoms with Crippen LogP contribution in [0.2, 0.25) is 0 Å². The Morgan fingerprint density at radius 2 is 1.79 bits per heavy atom. The smallest absolute Gasteiger partial charge is 0.223 e. The standard InChI is InChI=1S/C23H30N2O2S/c1-18-5-10-22(17-19(18)2)28-16-11-23(26)25-13-4-12-24(14-15-25)20-6-8-21(27-3)9-7-20/h5-10,17H,4,11-16H2,1-3H3. The lowest BCUT2D eigenvalue weighted by Crippen LogP contribution is -2.35. The van der Waals surface area contributed by atoms with Crippen LogP contribution in [-0.2, 0) is 4.79 Å². The van der Waals surface area contributed by atoms with Gasteiger partial charge < -0.3 is 14.5 Å². The predicted octanol–water partition coefficient (Wildman–Crippen LogP) is 4.53. The fourth-order valence-electron chi connectivity index (χ4n) is 3.44. The van der Waals surface area contributed by atoms with Gasteiger partial charge in [-0.3, -0.25) is 4.79 Å². The monoisotopic (exact) mass is 398 g/mol. The second-order valence-electron chi connectivity index (χ2n) is 7.26. The first kappa shape index (κ1) is 20.6. The number of thioether (sulfide) groups is 1. The molecular formula is C23H30N2O2S. The van der Waals surface area contributed by atoms with E-state index in [1.54, 1.807) is 18.9 Å². The van der Waals surface area contributed by atoms with Crippen molar-refractivity contribution in [3.05, 3.63) is 53.6 Å². The van der Waals surface area contributed by atoms with Crippen molar-refractivity contribution in [2.45, 2.75) is 31.6 Å². The van der Waals surface area contributed by atoms with Crippen molar-refractivity contribution in [3.8, 4) is 5.75 Å². The maximum absolute atomic E-state index is 12.7. The molecular weight excluding hydrogens is 368 g/mol. The highest BCUT2D eigenvalue weighted by Gasteiger charge is 2.19. The number of aryl methyl sites for hydroxylation is 2. The first-order chi connectivity index (χ1) is 13.6. The molecule has 0 N–H and O–H groups in total. The second kappa shape index (κ2) is 9.87. The largest absolute Gasteiger partial charge is 0.497 e. The van der Waals surface area contributed by atoms with Gasteiger partial charge in [0.05, 0.1) is 7.11 Å². The molecule has 1 amide bonds. The molecule has 28 heavy (non-hydrogen) atoms. The predicted molar refractivity (Wildman–Crippen MR) is 118 cm³/mol. The van der Waals surface area contributed by atoms with Crippen LogP contribution < -0.4 is 9.64 Å². The van der Waals surface area contributed by atoms with Gasteiger partial charge in [0.15, 0.2) is 0 Å². The molecule has 0 aromatic heterocycles. The molecule has 150 valence electrons. The molecule has 2 aromatic rings. The fourth-order valence-corrected chi connectivity index (χ4v) is 4.37. The molecule has 4 nitrogen and oxygen atoms in total. The van der Waals surface area contributed by atoms with Gasteiger partial charge in [-0.05, 0) is 67.8 Å². The highest BCUT2D eigenvalue weighted by molar-refractivity contribution is 7.99. The molecule has 0 aliphatic carbocycles. The van der Waals surface area contributed by atoms with Crippen molar-refractivity contribution in [2.24, 2.45) is 0 Å². The summed E-state index contributed by atoms with van der Waals surface area (Å²) in [4.78, 5) is 18.3. The number of carbonyl (C=O) groups is 1. The van der Waals surface area contributed by atoms with E-state index in [4.69, 9.17) is 4.74 Å². The Bertz CT molecular complexity index is 792. The minimum absolute atomic E-state index is 0.271. The number of benzene rings is 2. The van der Waals surface area contributed by atoms with Gasteiger partial charge in [0.2, 0.25) is 5.91 Å². The molecule has 3 rings (SSSR count). The second-order valence-corrected chi connectivity index (χ2v) is 8.43. The van der Waals surface area contributed by atoms with Gasteiger partial charge in [0, 0.05) is 48.9 Å². The van der Waals surface area contributed by atoms with Crippen LogP contribution in [0.1, 0.15) is 24.0 Å². The fraction of sp³-hybridized carbons (Fsp3) is 0.435. The van der Waals surface area contributed by atoms with Crippen LogP contribution >= 0.6 is 11.8 Å². The van der Waals surface area contributed by atoms with E-state index in [1.165, 1.54) is 21.7 Å². The van der Waals surface area contributed by atoms with Crippen molar-refractivity contribution in [1.29, 1.82) is 0 Å². The molecule has 1 aliphatic heterocycles. The first-order valence-corrected chi connectivity index (χ1v) is 10.9. The number of carbonyl (C=O) groups excluding carboxylic acids is 1. The average Bonchev–Trinajstić information content (AvgIpc) is 2.97. The van der Waals surface area contributed by atoms with Gasteiger partial charge in [-0.1, -0.05) is 6.07 Å². The van der Waals surface area contributed by atoms with E-state index >= 15 is 0 Å². The van der Waals surface area contributed by atoms with Crippen molar-refractivity contribution in [2.75, 3.05) is 43.9 Å². The maximum Gasteiger partial charge on any atom is 0.223 e. The third kappa shape index (κ3) is 5.44.